The van der Waals surface area contributed by atoms with Crippen LogP contribution in [0.3, 0.4) is 0 Å². The Labute approximate surface area is 178 Å². The highest BCUT2D eigenvalue weighted by atomic mass is 16.2. The highest BCUT2D eigenvalue weighted by molar-refractivity contribution is 5.90. The summed E-state index contributed by atoms with van der Waals surface area (Å²) in [7, 11) is 3.95. The molecule has 4 rings (SSSR count). The Hall–Kier alpha value is -2.99. The van der Waals surface area contributed by atoms with Crippen molar-refractivity contribution in [3.63, 3.8) is 0 Å². The van der Waals surface area contributed by atoms with Crippen LogP contribution in [0.5, 0.6) is 0 Å². The van der Waals surface area contributed by atoms with Crippen molar-refractivity contribution in [3.05, 3.63) is 77.4 Å². The number of likely N-dealkylation sites (N-methyl/N-ethyl adjacent to an activating group) is 2. The number of aromatic nitrogens is 3. The third kappa shape index (κ3) is 4.28. The maximum Gasteiger partial charge on any atom is 0.293 e. The molecule has 1 atom stereocenters. The van der Waals surface area contributed by atoms with Gasteiger partial charge in [0.05, 0.1) is 5.69 Å². The maximum absolute atomic E-state index is 13.2. The number of likely N-dealkylation sites (tertiary alicyclic amines) is 1. The molecule has 0 radical (unpaired) electrons. The lowest BCUT2D eigenvalue weighted by Crippen LogP contribution is -2.39. The maximum atomic E-state index is 13.2. The van der Waals surface area contributed by atoms with Crippen molar-refractivity contribution in [2.45, 2.75) is 32.2 Å². The average molecular weight is 404 g/mol. The highest BCUT2D eigenvalue weighted by Crippen LogP contribution is 2.19. The number of amides is 1. The SMILES string of the molecule is Cc1ccccc1-n1nc(C(=O)N(C)C2CCN(C)C2)nc1CCc1ccccc1. The van der Waals surface area contributed by atoms with Crippen molar-refractivity contribution in [2.75, 3.05) is 27.2 Å². The Balaban J connectivity index is 1.63. The highest BCUT2D eigenvalue weighted by Gasteiger charge is 2.29. The van der Waals surface area contributed by atoms with E-state index >= 15 is 0 Å². The Morgan fingerprint density at radius 2 is 1.83 bits per heavy atom. The second-order valence-electron chi connectivity index (χ2n) is 8.16. The van der Waals surface area contributed by atoms with E-state index in [0.717, 1.165) is 43.0 Å². The van der Waals surface area contributed by atoms with Crippen molar-refractivity contribution in [1.82, 2.24) is 24.6 Å². The molecule has 0 bridgehead atoms. The molecule has 2 aromatic carbocycles. The zero-order valence-electron chi connectivity index (χ0n) is 18.0. The molecule has 1 saturated heterocycles. The molecule has 6 nitrogen and oxygen atoms in total. The smallest absolute Gasteiger partial charge is 0.293 e. The van der Waals surface area contributed by atoms with Gasteiger partial charge in [0.1, 0.15) is 5.82 Å². The van der Waals surface area contributed by atoms with Crippen molar-refractivity contribution in [2.24, 2.45) is 0 Å². The van der Waals surface area contributed by atoms with Gasteiger partial charge in [0.25, 0.3) is 5.91 Å². The van der Waals surface area contributed by atoms with Gasteiger partial charge in [-0.05, 0) is 50.6 Å². The van der Waals surface area contributed by atoms with Gasteiger partial charge in [-0.3, -0.25) is 4.79 Å². The first-order chi connectivity index (χ1) is 14.5. The van der Waals surface area contributed by atoms with Crippen LogP contribution in [0.15, 0.2) is 54.6 Å². The van der Waals surface area contributed by atoms with Gasteiger partial charge in [0.15, 0.2) is 0 Å². The Morgan fingerprint density at radius 1 is 1.10 bits per heavy atom. The molecule has 30 heavy (non-hydrogen) atoms. The molecule has 0 saturated carbocycles. The summed E-state index contributed by atoms with van der Waals surface area (Å²) in [5.41, 5.74) is 3.32. The minimum Gasteiger partial charge on any atom is -0.335 e. The van der Waals surface area contributed by atoms with Gasteiger partial charge < -0.3 is 9.80 Å². The summed E-state index contributed by atoms with van der Waals surface area (Å²) >= 11 is 0. The predicted molar refractivity (Wildman–Crippen MR) is 118 cm³/mol. The fourth-order valence-corrected chi connectivity index (χ4v) is 4.04. The standard InChI is InChI=1S/C24H29N5O/c1-18-9-7-8-12-21(18)29-22(14-13-19-10-5-4-6-11-19)25-23(26-29)24(30)28(3)20-15-16-27(2)17-20/h4-12,20H,13-17H2,1-3H3. The summed E-state index contributed by atoms with van der Waals surface area (Å²) in [6, 6.07) is 18.6. The Kier molecular flexibility index (Phi) is 5.95. The molecule has 0 spiro atoms. The Bertz CT molecular complexity index is 1010. The minimum atomic E-state index is -0.108. The van der Waals surface area contributed by atoms with Crippen LogP contribution in [0.25, 0.3) is 5.69 Å². The quantitative estimate of drug-likeness (QED) is 0.635. The molecule has 1 amide bonds. The van der Waals surface area contributed by atoms with Gasteiger partial charge in [-0.1, -0.05) is 48.5 Å². The van der Waals surface area contributed by atoms with Crippen LogP contribution in [0, 0.1) is 6.92 Å². The third-order valence-corrected chi connectivity index (χ3v) is 5.92. The van der Waals surface area contributed by atoms with Crippen molar-refractivity contribution in [1.29, 1.82) is 0 Å². The van der Waals surface area contributed by atoms with Crippen LogP contribution in [-0.4, -0.2) is 63.7 Å². The number of carbonyl (C=O) groups excluding carboxylic acids is 1. The van der Waals surface area contributed by atoms with Crippen LogP contribution in [0.2, 0.25) is 0 Å². The molecule has 0 aliphatic carbocycles. The molecule has 1 fully saturated rings. The van der Waals surface area contributed by atoms with E-state index in [2.05, 4.69) is 42.2 Å². The van der Waals surface area contributed by atoms with Gasteiger partial charge in [0.2, 0.25) is 5.82 Å². The van der Waals surface area contributed by atoms with Crippen molar-refractivity contribution in [3.8, 4) is 5.69 Å². The summed E-state index contributed by atoms with van der Waals surface area (Å²) in [6.45, 7) is 3.96. The first-order valence-electron chi connectivity index (χ1n) is 10.5. The van der Waals surface area contributed by atoms with Crippen LogP contribution in [0.4, 0.5) is 0 Å². The lowest BCUT2D eigenvalue weighted by atomic mass is 10.1. The fourth-order valence-electron chi connectivity index (χ4n) is 4.04. The van der Waals surface area contributed by atoms with E-state index in [0.29, 0.717) is 6.42 Å². The zero-order valence-corrected chi connectivity index (χ0v) is 18.0. The second-order valence-corrected chi connectivity index (χ2v) is 8.16. The third-order valence-electron chi connectivity index (χ3n) is 5.92. The molecule has 3 aromatic rings. The number of para-hydroxylation sites is 1. The van der Waals surface area contributed by atoms with Gasteiger partial charge >= 0.3 is 0 Å². The van der Waals surface area contributed by atoms with Crippen LogP contribution in [-0.2, 0) is 12.8 Å². The normalized spacial score (nSPS) is 16.7. The molecule has 156 valence electrons. The molecule has 1 unspecified atom stereocenters. The summed E-state index contributed by atoms with van der Waals surface area (Å²) in [6.07, 6.45) is 2.55. The van der Waals surface area contributed by atoms with Crippen LogP contribution < -0.4 is 0 Å². The lowest BCUT2D eigenvalue weighted by Gasteiger charge is -2.22. The van der Waals surface area contributed by atoms with Crippen LogP contribution in [0.1, 0.15) is 34.0 Å². The second kappa shape index (κ2) is 8.79. The van der Waals surface area contributed by atoms with E-state index < -0.39 is 0 Å². The molecular formula is C24H29N5O. The number of hydrogen-bond acceptors (Lipinski definition) is 4. The zero-order chi connectivity index (χ0) is 21.1. The van der Waals surface area contributed by atoms with Crippen molar-refractivity contribution < 1.29 is 4.79 Å². The van der Waals surface area contributed by atoms with Gasteiger partial charge in [-0.15, -0.1) is 5.10 Å². The molecule has 2 heterocycles. The number of aryl methyl sites for hydroxylation is 3. The monoisotopic (exact) mass is 403 g/mol. The number of carbonyl (C=O) groups is 1. The van der Waals surface area contributed by atoms with E-state index in [-0.39, 0.29) is 17.8 Å². The number of hydrogen-bond donors (Lipinski definition) is 0. The summed E-state index contributed by atoms with van der Waals surface area (Å²) in [5, 5.41) is 4.67. The van der Waals surface area contributed by atoms with E-state index in [1.807, 2.05) is 53.0 Å². The van der Waals surface area contributed by atoms with Gasteiger partial charge in [0, 0.05) is 26.1 Å². The van der Waals surface area contributed by atoms with Gasteiger partial charge in [-0.25, -0.2) is 9.67 Å². The van der Waals surface area contributed by atoms with E-state index in [4.69, 9.17) is 4.98 Å². The average Bonchev–Trinajstić information content (AvgIpc) is 3.39. The van der Waals surface area contributed by atoms with Crippen LogP contribution >= 0.6 is 0 Å². The van der Waals surface area contributed by atoms with E-state index in [1.54, 1.807) is 0 Å². The Morgan fingerprint density at radius 3 is 2.53 bits per heavy atom. The van der Waals surface area contributed by atoms with E-state index in [9.17, 15) is 4.79 Å². The number of benzene rings is 2. The summed E-state index contributed by atoms with van der Waals surface area (Å²) < 4.78 is 1.85. The molecule has 6 heteroatoms. The largest absolute Gasteiger partial charge is 0.335 e. The number of nitrogens with zero attached hydrogens (tertiary/aromatic N) is 5. The molecule has 0 N–H and O–H groups in total. The minimum absolute atomic E-state index is 0.108. The number of rotatable bonds is 6. The van der Waals surface area contributed by atoms with Crippen molar-refractivity contribution >= 4 is 5.91 Å². The van der Waals surface area contributed by atoms with Gasteiger partial charge in [-0.2, -0.15) is 0 Å². The molecule has 1 aliphatic rings. The molecular weight excluding hydrogens is 374 g/mol. The topological polar surface area (TPSA) is 54.3 Å². The first kappa shape index (κ1) is 20.3. The fraction of sp³-hybridized carbons (Fsp3) is 0.375. The van der Waals surface area contributed by atoms with E-state index in [1.165, 1.54) is 5.56 Å². The lowest BCUT2D eigenvalue weighted by molar-refractivity contribution is 0.0725. The predicted octanol–water partition coefficient (Wildman–Crippen LogP) is 3.14. The first-order valence-corrected chi connectivity index (χ1v) is 10.5. The summed E-state index contributed by atoms with van der Waals surface area (Å²) in [5.74, 6) is 0.982. The molecule has 1 aromatic heterocycles. The summed E-state index contributed by atoms with van der Waals surface area (Å²) in [4.78, 5) is 21.9. The molecule has 1 aliphatic heterocycles.